The highest BCUT2D eigenvalue weighted by Gasteiger charge is 2.39. The van der Waals surface area contributed by atoms with Gasteiger partial charge in [-0.05, 0) is 110 Å². The summed E-state index contributed by atoms with van der Waals surface area (Å²) in [4.78, 5) is 2.50. The van der Waals surface area contributed by atoms with Gasteiger partial charge in [0.2, 0.25) is 0 Å². The van der Waals surface area contributed by atoms with Crippen LogP contribution in [0.3, 0.4) is 0 Å². The largest absolute Gasteiger partial charge is 0.310 e. The summed E-state index contributed by atoms with van der Waals surface area (Å²) >= 11 is 1.88. The molecule has 0 unspecified atom stereocenters. The predicted molar refractivity (Wildman–Crippen MR) is 215 cm³/mol. The number of nitrogens with zero attached hydrogens (tertiary/aromatic N) is 1. The Labute approximate surface area is 298 Å². The summed E-state index contributed by atoms with van der Waals surface area (Å²) in [5.74, 6) is 0. The molecule has 0 bridgehead atoms. The van der Waals surface area contributed by atoms with Gasteiger partial charge in [-0.3, -0.25) is 0 Å². The number of hydrogen-bond donors (Lipinski definition) is 0. The fraction of sp³-hybridized carbons (Fsp3) is 0.125. The second-order valence-electron chi connectivity index (χ2n) is 15.0. The van der Waals surface area contributed by atoms with Crippen molar-refractivity contribution in [1.29, 1.82) is 0 Å². The second kappa shape index (κ2) is 10.5. The molecule has 0 radical (unpaired) electrons. The number of para-hydroxylation sites is 1. The van der Waals surface area contributed by atoms with E-state index in [2.05, 4.69) is 184 Å². The smallest absolute Gasteiger partial charge is 0.0503 e. The molecule has 0 saturated heterocycles. The summed E-state index contributed by atoms with van der Waals surface area (Å²) in [6, 6.07) is 56.8. The highest BCUT2D eigenvalue weighted by molar-refractivity contribution is 7.25. The van der Waals surface area contributed by atoms with Crippen molar-refractivity contribution in [3.8, 4) is 33.4 Å². The predicted octanol–water partition coefficient (Wildman–Crippen LogP) is 13.8. The van der Waals surface area contributed by atoms with Gasteiger partial charge in [0.15, 0.2) is 0 Å². The molecule has 1 nitrogen and oxygen atoms in total. The molecule has 7 aromatic carbocycles. The molecule has 1 aromatic heterocycles. The van der Waals surface area contributed by atoms with Gasteiger partial charge in [-0.2, -0.15) is 0 Å². The van der Waals surface area contributed by atoms with Crippen LogP contribution >= 0.6 is 11.3 Å². The lowest BCUT2D eigenvalue weighted by Crippen LogP contribution is -2.30. The molecule has 0 saturated carbocycles. The quantitative estimate of drug-likeness (QED) is 0.182. The minimum atomic E-state index is -0.172. The lowest BCUT2D eigenvalue weighted by molar-refractivity contribution is 0.632. The van der Waals surface area contributed by atoms with Crippen LogP contribution in [-0.4, -0.2) is 0 Å². The molecule has 10 rings (SSSR count). The van der Waals surface area contributed by atoms with Crippen molar-refractivity contribution in [2.24, 2.45) is 0 Å². The Kier molecular flexibility index (Phi) is 6.21. The van der Waals surface area contributed by atoms with Crippen molar-refractivity contribution >= 4 is 48.6 Å². The Bertz CT molecular complexity index is 2660. The molecule has 0 N–H and O–H groups in total. The van der Waals surface area contributed by atoms with Crippen molar-refractivity contribution in [3.63, 3.8) is 0 Å². The minimum Gasteiger partial charge on any atom is -0.310 e. The number of hydrogen-bond acceptors (Lipinski definition) is 2. The zero-order chi connectivity index (χ0) is 33.8. The Morgan fingerprint density at radius 3 is 1.72 bits per heavy atom. The van der Waals surface area contributed by atoms with E-state index in [0.29, 0.717) is 0 Å². The lowest BCUT2D eigenvalue weighted by atomic mass is 9.72. The fourth-order valence-corrected chi connectivity index (χ4v) is 9.83. The van der Waals surface area contributed by atoms with Gasteiger partial charge in [-0.15, -0.1) is 11.3 Å². The summed E-state index contributed by atoms with van der Waals surface area (Å²) in [6.07, 6.45) is 0. The van der Waals surface area contributed by atoms with E-state index in [4.69, 9.17) is 0 Å². The van der Waals surface area contributed by atoms with E-state index in [9.17, 15) is 0 Å². The van der Waals surface area contributed by atoms with E-state index in [0.717, 1.165) is 0 Å². The zero-order valence-electron chi connectivity index (χ0n) is 28.8. The molecule has 1 aliphatic carbocycles. The third-order valence-electron chi connectivity index (χ3n) is 11.5. The molecule has 2 aliphatic rings. The number of thiophene rings is 1. The minimum absolute atomic E-state index is 0.0600. The van der Waals surface area contributed by atoms with Crippen LogP contribution < -0.4 is 4.90 Å². The Morgan fingerprint density at radius 1 is 0.400 bits per heavy atom. The Balaban J connectivity index is 1.12. The number of fused-ring (bicyclic) bond motifs is 8. The first-order valence-electron chi connectivity index (χ1n) is 17.6. The normalized spacial score (nSPS) is 15.1. The topological polar surface area (TPSA) is 3.24 Å². The van der Waals surface area contributed by atoms with Gasteiger partial charge >= 0.3 is 0 Å². The van der Waals surface area contributed by atoms with E-state index in [1.807, 2.05) is 11.3 Å². The lowest BCUT2D eigenvalue weighted by Gasteiger charge is -2.42. The molecule has 0 fully saturated rings. The third kappa shape index (κ3) is 4.18. The molecule has 2 heteroatoms. The Morgan fingerprint density at radius 2 is 0.960 bits per heavy atom. The van der Waals surface area contributed by atoms with Crippen molar-refractivity contribution in [1.82, 2.24) is 0 Å². The summed E-state index contributed by atoms with van der Waals surface area (Å²) < 4.78 is 2.66. The van der Waals surface area contributed by atoms with Crippen molar-refractivity contribution < 1.29 is 0 Å². The van der Waals surface area contributed by atoms with Gasteiger partial charge in [-0.25, -0.2) is 0 Å². The molecule has 0 atom stereocenters. The molecular weight excluding hydrogens is 623 g/mol. The van der Waals surface area contributed by atoms with Crippen LogP contribution in [0.4, 0.5) is 17.1 Å². The van der Waals surface area contributed by atoms with E-state index in [1.165, 1.54) is 92.9 Å². The second-order valence-corrected chi connectivity index (χ2v) is 16.1. The number of anilines is 3. The van der Waals surface area contributed by atoms with Gasteiger partial charge in [0.25, 0.3) is 0 Å². The van der Waals surface area contributed by atoms with E-state index in [-0.39, 0.29) is 10.8 Å². The maximum absolute atomic E-state index is 2.50. The molecular formula is C48H37NS. The first-order chi connectivity index (χ1) is 24.3. The van der Waals surface area contributed by atoms with Crippen molar-refractivity contribution in [2.45, 2.75) is 38.5 Å². The SMILES string of the molecule is CC1(C)c2ccccc2-c2ccc(N3c4ccccc4C(C)(C)c4cc(-c5ccc6sc7ccc(-c8ccccc8)cc7c6c5)ccc43)cc21. The summed E-state index contributed by atoms with van der Waals surface area (Å²) in [6.45, 7) is 9.50. The molecule has 50 heavy (non-hydrogen) atoms. The molecule has 240 valence electrons. The van der Waals surface area contributed by atoms with Crippen LogP contribution in [0.25, 0.3) is 53.6 Å². The van der Waals surface area contributed by atoms with Crippen molar-refractivity contribution in [3.05, 3.63) is 174 Å². The van der Waals surface area contributed by atoms with E-state index < -0.39 is 0 Å². The standard InChI is InChI=1S/C48H37NS/c1-47(2)39-15-9-8-14-35(39)36-22-21-34(29-41(36)47)49-43-17-11-10-16-40(43)48(3,4)42-28-33(18-23-44(42)49)32-20-25-46-38(27-32)37-26-31(19-24-45(37)50-46)30-12-6-5-7-13-30/h5-29H,1-4H3. The van der Waals surface area contributed by atoms with Crippen molar-refractivity contribution in [2.75, 3.05) is 4.90 Å². The van der Waals surface area contributed by atoms with Gasteiger partial charge in [-0.1, -0.05) is 125 Å². The summed E-state index contributed by atoms with van der Waals surface area (Å²) in [5, 5.41) is 2.65. The number of benzene rings is 7. The van der Waals surface area contributed by atoms with E-state index in [1.54, 1.807) is 0 Å². The van der Waals surface area contributed by atoms with Gasteiger partial charge < -0.3 is 4.90 Å². The number of rotatable bonds is 3. The van der Waals surface area contributed by atoms with E-state index >= 15 is 0 Å². The van der Waals surface area contributed by atoms with Crippen LogP contribution in [0.5, 0.6) is 0 Å². The average Bonchev–Trinajstić information content (AvgIpc) is 3.63. The maximum atomic E-state index is 2.50. The fourth-order valence-electron chi connectivity index (χ4n) is 8.76. The monoisotopic (exact) mass is 659 g/mol. The average molecular weight is 660 g/mol. The van der Waals surface area contributed by atoms with Crippen LogP contribution in [0.2, 0.25) is 0 Å². The van der Waals surface area contributed by atoms with Crippen LogP contribution in [0.1, 0.15) is 49.9 Å². The summed E-state index contributed by atoms with van der Waals surface area (Å²) in [5.41, 5.74) is 16.7. The van der Waals surface area contributed by atoms with Gasteiger partial charge in [0.05, 0.1) is 11.4 Å². The van der Waals surface area contributed by atoms with Gasteiger partial charge in [0.1, 0.15) is 0 Å². The highest BCUT2D eigenvalue weighted by atomic mass is 32.1. The van der Waals surface area contributed by atoms with Crippen LogP contribution in [0, 0.1) is 0 Å². The zero-order valence-corrected chi connectivity index (χ0v) is 29.6. The van der Waals surface area contributed by atoms with Crippen LogP contribution in [0.15, 0.2) is 152 Å². The maximum Gasteiger partial charge on any atom is 0.0503 e. The molecule has 2 heterocycles. The van der Waals surface area contributed by atoms with Crippen LogP contribution in [-0.2, 0) is 10.8 Å². The third-order valence-corrected chi connectivity index (χ3v) is 12.6. The molecule has 1 aliphatic heterocycles. The first kappa shape index (κ1) is 29.5. The molecule has 0 spiro atoms. The van der Waals surface area contributed by atoms with Gasteiger partial charge in [0, 0.05) is 36.7 Å². The Hall–Kier alpha value is -5.44. The summed E-state index contributed by atoms with van der Waals surface area (Å²) in [7, 11) is 0. The first-order valence-corrected chi connectivity index (χ1v) is 18.4. The molecule has 0 amide bonds. The highest BCUT2D eigenvalue weighted by Crippen LogP contribution is 2.55. The molecule has 8 aromatic rings.